The Balaban J connectivity index is 0.00000480. The smallest absolute Gasteiger partial charge is 0.240 e. The minimum atomic E-state index is -3.60. The quantitative estimate of drug-likeness (QED) is 0.201. The van der Waals surface area contributed by atoms with E-state index >= 15 is 0 Å². The molecule has 0 saturated carbocycles. The number of nitrogens with one attached hydrogen (secondary N) is 2. The second kappa shape index (κ2) is 13.6. The third kappa shape index (κ3) is 9.09. The molecule has 2 aromatic rings. The van der Waals surface area contributed by atoms with E-state index in [0.29, 0.717) is 32.2 Å². The molecule has 0 saturated heterocycles. The molecule has 0 amide bonds. The summed E-state index contributed by atoms with van der Waals surface area (Å²) in [6.45, 7) is 4.04. The van der Waals surface area contributed by atoms with Crippen LogP contribution in [0.15, 0.2) is 58.4 Å². The lowest BCUT2D eigenvalue weighted by Gasteiger charge is -2.22. The van der Waals surface area contributed by atoms with Crippen LogP contribution in [0.25, 0.3) is 0 Å². The second-order valence-corrected chi connectivity index (χ2v) is 8.46. The van der Waals surface area contributed by atoms with Gasteiger partial charge in [0.25, 0.3) is 0 Å². The van der Waals surface area contributed by atoms with Crippen molar-refractivity contribution in [3.63, 3.8) is 0 Å². The van der Waals surface area contributed by atoms with Crippen LogP contribution < -0.4 is 10.0 Å². The summed E-state index contributed by atoms with van der Waals surface area (Å²) in [6, 6.07) is 13.0. The average Bonchev–Trinajstić information content (AvgIpc) is 2.73. The fraction of sp³-hybridized carbons (Fsp3) is 0.381. The first-order chi connectivity index (χ1) is 14.4. The molecule has 2 aromatic carbocycles. The van der Waals surface area contributed by atoms with Crippen molar-refractivity contribution >= 4 is 40.0 Å². The fourth-order valence-electron chi connectivity index (χ4n) is 2.75. The highest BCUT2D eigenvalue weighted by atomic mass is 127. The van der Waals surface area contributed by atoms with E-state index in [1.807, 2.05) is 24.9 Å². The lowest BCUT2D eigenvalue weighted by Crippen LogP contribution is -2.38. The van der Waals surface area contributed by atoms with Gasteiger partial charge in [-0.15, -0.1) is 24.0 Å². The van der Waals surface area contributed by atoms with Crippen molar-refractivity contribution in [1.29, 1.82) is 0 Å². The van der Waals surface area contributed by atoms with Gasteiger partial charge in [-0.05, 0) is 42.3 Å². The second-order valence-electron chi connectivity index (χ2n) is 6.69. The summed E-state index contributed by atoms with van der Waals surface area (Å²) in [5.74, 6) is 0.404. The molecule has 10 heteroatoms. The molecule has 2 rings (SSSR count). The summed E-state index contributed by atoms with van der Waals surface area (Å²) in [5, 5.41) is 3.22. The van der Waals surface area contributed by atoms with E-state index in [0.717, 1.165) is 11.1 Å². The number of nitrogens with zero attached hydrogens (tertiary/aromatic N) is 2. The zero-order valence-corrected chi connectivity index (χ0v) is 21.1. The van der Waals surface area contributed by atoms with Crippen molar-refractivity contribution in [2.75, 3.05) is 33.9 Å². The predicted molar refractivity (Wildman–Crippen MR) is 132 cm³/mol. The molecule has 2 N–H and O–H groups in total. The summed E-state index contributed by atoms with van der Waals surface area (Å²) in [5.41, 5.74) is 1.73. The molecule has 0 unspecified atom stereocenters. The highest BCUT2D eigenvalue weighted by Gasteiger charge is 2.14. The maximum atomic E-state index is 13.1. The van der Waals surface area contributed by atoms with Crippen molar-refractivity contribution in [1.82, 2.24) is 14.9 Å². The van der Waals surface area contributed by atoms with E-state index in [1.165, 1.54) is 19.2 Å². The first-order valence-corrected chi connectivity index (χ1v) is 11.2. The zero-order chi connectivity index (χ0) is 22.0. The fourth-order valence-corrected chi connectivity index (χ4v) is 3.83. The van der Waals surface area contributed by atoms with Crippen molar-refractivity contribution in [3.8, 4) is 0 Å². The molecule has 0 atom stereocenters. The number of guanidine groups is 1. The normalized spacial score (nSPS) is 11.7. The first kappa shape index (κ1) is 27.3. The van der Waals surface area contributed by atoms with Gasteiger partial charge in [-0.2, -0.15) is 0 Å². The molecule has 0 spiro atoms. The van der Waals surface area contributed by atoms with E-state index in [4.69, 9.17) is 4.74 Å². The number of hydrogen-bond acceptors (Lipinski definition) is 4. The summed E-state index contributed by atoms with van der Waals surface area (Å²) < 4.78 is 45.3. The van der Waals surface area contributed by atoms with Gasteiger partial charge in [-0.3, -0.25) is 0 Å². The van der Waals surface area contributed by atoms with Crippen LogP contribution in [0.4, 0.5) is 4.39 Å². The molecule has 0 radical (unpaired) electrons. The summed E-state index contributed by atoms with van der Waals surface area (Å²) in [6.07, 6.45) is 0. The number of sulfonamides is 1. The highest BCUT2D eigenvalue weighted by Crippen LogP contribution is 2.13. The minimum absolute atomic E-state index is 0. The summed E-state index contributed by atoms with van der Waals surface area (Å²) in [4.78, 5) is 6.74. The number of aliphatic imine (C=N–C) groups is 1. The molecular formula is C21H30FIN4O3S. The number of halogens is 2. The van der Waals surface area contributed by atoms with Gasteiger partial charge in [0.1, 0.15) is 5.82 Å². The van der Waals surface area contributed by atoms with E-state index in [2.05, 4.69) is 15.0 Å². The number of rotatable bonds is 10. The lowest BCUT2D eigenvalue weighted by atomic mass is 10.2. The molecular weight excluding hydrogens is 534 g/mol. The molecule has 0 aliphatic heterocycles. The number of hydrogen-bond donors (Lipinski definition) is 2. The number of methoxy groups -OCH3 is 1. The molecule has 0 aromatic heterocycles. The average molecular weight is 564 g/mol. The van der Waals surface area contributed by atoms with Crippen LogP contribution in [0.2, 0.25) is 0 Å². The maximum absolute atomic E-state index is 13.1. The van der Waals surface area contributed by atoms with Crippen molar-refractivity contribution in [3.05, 3.63) is 65.5 Å². The Kier molecular flexibility index (Phi) is 12.0. The van der Waals surface area contributed by atoms with E-state index in [-0.39, 0.29) is 41.2 Å². The predicted octanol–water partition coefficient (Wildman–Crippen LogP) is 2.97. The largest absolute Gasteiger partial charge is 0.383 e. The molecule has 0 bridgehead atoms. The lowest BCUT2D eigenvalue weighted by molar-refractivity contribution is 0.204. The first-order valence-electron chi connectivity index (χ1n) is 9.67. The van der Waals surface area contributed by atoms with E-state index in [9.17, 15) is 12.8 Å². The molecule has 0 aliphatic rings. The van der Waals surface area contributed by atoms with Gasteiger partial charge in [-0.25, -0.2) is 22.5 Å². The molecule has 0 fully saturated rings. The Hall–Kier alpha value is -1.76. The van der Waals surface area contributed by atoms with Crippen molar-refractivity contribution in [2.24, 2.45) is 4.99 Å². The number of benzene rings is 2. The summed E-state index contributed by atoms with van der Waals surface area (Å²) in [7, 11) is -0.189. The van der Waals surface area contributed by atoms with Gasteiger partial charge in [0.15, 0.2) is 5.96 Å². The topological polar surface area (TPSA) is 83.0 Å². The standard InChI is InChI=1S/C21H29FN4O3S.HI/c1-4-23-21(26(2)16-17-8-10-19(22)11-9-17)24-15-18-6-5-7-20(14-18)30(27,28)25-12-13-29-3;/h5-11,14,25H,4,12-13,15-16H2,1-3H3,(H,23,24);1H. The molecule has 172 valence electrons. The summed E-state index contributed by atoms with van der Waals surface area (Å²) >= 11 is 0. The van der Waals surface area contributed by atoms with Gasteiger partial charge in [0.05, 0.1) is 18.0 Å². The van der Waals surface area contributed by atoms with Crippen molar-refractivity contribution < 1.29 is 17.5 Å². The molecule has 0 aliphatic carbocycles. The SMILES string of the molecule is CCNC(=NCc1cccc(S(=O)(=O)NCCOC)c1)N(C)Cc1ccc(F)cc1.I. The van der Waals surface area contributed by atoms with Gasteiger partial charge in [-0.1, -0.05) is 24.3 Å². The van der Waals surface area contributed by atoms with Crippen molar-refractivity contribution in [2.45, 2.75) is 24.9 Å². The zero-order valence-electron chi connectivity index (χ0n) is 18.0. The third-order valence-corrected chi connectivity index (χ3v) is 5.71. The third-order valence-electron chi connectivity index (χ3n) is 4.25. The van der Waals surface area contributed by atoms with Gasteiger partial charge >= 0.3 is 0 Å². The van der Waals surface area contributed by atoms with Crippen LogP contribution in [0, 0.1) is 5.82 Å². The van der Waals surface area contributed by atoms with E-state index in [1.54, 1.807) is 30.3 Å². The van der Waals surface area contributed by atoms with Gasteiger partial charge < -0.3 is 15.0 Å². The Morgan fingerprint density at radius 2 is 1.87 bits per heavy atom. The van der Waals surface area contributed by atoms with E-state index < -0.39 is 10.0 Å². The Labute approximate surface area is 201 Å². The molecule has 0 heterocycles. The molecule has 7 nitrogen and oxygen atoms in total. The Bertz CT molecular complexity index is 940. The maximum Gasteiger partial charge on any atom is 0.240 e. The van der Waals surface area contributed by atoms with Gasteiger partial charge in [0, 0.05) is 33.8 Å². The van der Waals surface area contributed by atoms with Gasteiger partial charge in [0.2, 0.25) is 10.0 Å². The molecule has 31 heavy (non-hydrogen) atoms. The highest BCUT2D eigenvalue weighted by molar-refractivity contribution is 14.0. The minimum Gasteiger partial charge on any atom is -0.383 e. The van der Waals surface area contributed by atoms with Crippen LogP contribution in [0.5, 0.6) is 0 Å². The van der Waals surface area contributed by atoms with Crippen LogP contribution in [0.1, 0.15) is 18.1 Å². The van der Waals surface area contributed by atoms with Crippen LogP contribution in [-0.4, -0.2) is 53.1 Å². The number of ether oxygens (including phenoxy) is 1. The van der Waals surface area contributed by atoms with Crippen LogP contribution in [0.3, 0.4) is 0 Å². The monoisotopic (exact) mass is 564 g/mol. The Morgan fingerprint density at radius 1 is 1.16 bits per heavy atom. The van der Waals surface area contributed by atoms with Crippen LogP contribution in [-0.2, 0) is 27.8 Å². The van der Waals surface area contributed by atoms with Crippen LogP contribution >= 0.6 is 24.0 Å². The Morgan fingerprint density at radius 3 is 2.52 bits per heavy atom.